The summed E-state index contributed by atoms with van der Waals surface area (Å²) in [6, 6.07) is 6.11. The standard InChI is InChI=1S/C21H27F3N2O3/c1-13(21(22,23)24)15-4-6-16(7-5-15)19(27)26(18-10-11-18)17-8-2-14(3-9-17)12-29-20(25)28/h4-7,13-14,17-18H,2-3,8-12H2,1H3,(H2,25,28). The van der Waals surface area contributed by atoms with Crippen LogP contribution < -0.4 is 5.73 Å². The van der Waals surface area contributed by atoms with E-state index in [1.165, 1.54) is 24.3 Å². The Morgan fingerprint density at radius 1 is 1.07 bits per heavy atom. The monoisotopic (exact) mass is 412 g/mol. The SMILES string of the molecule is CC(c1ccc(C(=O)N(C2CCC(COC(N)=O)CC2)C2CC2)cc1)C(F)(F)F. The maximum Gasteiger partial charge on any atom is 0.404 e. The van der Waals surface area contributed by atoms with Crippen LogP contribution in [-0.4, -0.2) is 41.8 Å². The van der Waals surface area contributed by atoms with Crippen LogP contribution in [0.4, 0.5) is 18.0 Å². The van der Waals surface area contributed by atoms with E-state index in [0.29, 0.717) is 12.2 Å². The van der Waals surface area contributed by atoms with Gasteiger partial charge in [-0.15, -0.1) is 0 Å². The number of nitrogens with zero attached hydrogens (tertiary/aromatic N) is 1. The Morgan fingerprint density at radius 3 is 2.03 bits per heavy atom. The molecule has 1 aromatic rings. The number of hydrogen-bond acceptors (Lipinski definition) is 3. The largest absolute Gasteiger partial charge is 0.449 e. The van der Waals surface area contributed by atoms with Gasteiger partial charge in [-0.1, -0.05) is 12.1 Å². The molecule has 2 saturated carbocycles. The number of carbonyl (C=O) groups excluding carboxylic acids is 2. The van der Waals surface area contributed by atoms with E-state index in [-0.39, 0.29) is 29.5 Å². The van der Waals surface area contributed by atoms with Crippen molar-refractivity contribution in [3.8, 4) is 0 Å². The smallest absolute Gasteiger partial charge is 0.404 e. The maximum absolute atomic E-state index is 13.1. The third kappa shape index (κ3) is 5.42. The lowest BCUT2D eigenvalue weighted by Crippen LogP contribution is -2.44. The highest BCUT2D eigenvalue weighted by atomic mass is 19.4. The summed E-state index contributed by atoms with van der Waals surface area (Å²) in [6.45, 7) is 1.42. The second-order valence-electron chi connectivity index (χ2n) is 8.13. The fourth-order valence-electron chi connectivity index (χ4n) is 4.02. The highest BCUT2D eigenvalue weighted by molar-refractivity contribution is 5.95. The molecule has 5 nitrogen and oxygen atoms in total. The summed E-state index contributed by atoms with van der Waals surface area (Å²) in [5.74, 6) is -1.43. The van der Waals surface area contributed by atoms with Gasteiger partial charge in [-0.25, -0.2) is 4.79 Å². The van der Waals surface area contributed by atoms with Crippen LogP contribution in [0.25, 0.3) is 0 Å². The molecule has 0 aromatic heterocycles. The van der Waals surface area contributed by atoms with Gasteiger partial charge in [0.15, 0.2) is 0 Å². The molecule has 2 aliphatic rings. The highest BCUT2D eigenvalue weighted by Crippen LogP contribution is 2.37. The van der Waals surface area contributed by atoms with Gasteiger partial charge in [-0.05, 0) is 69.1 Å². The van der Waals surface area contributed by atoms with Crippen molar-refractivity contribution >= 4 is 12.0 Å². The molecular weight excluding hydrogens is 385 g/mol. The Bertz CT molecular complexity index is 724. The fourth-order valence-corrected chi connectivity index (χ4v) is 4.02. The predicted molar refractivity (Wildman–Crippen MR) is 101 cm³/mol. The summed E-state index contributed by atoms with van der Waals surface area (Å²) in [5, 5.41) is 0. The van der Waals surface area contributed by atoms with Gasteiger partial charge in [-0.2, -0.15) is 13.2 Å². The van der Waals surface area contributed by atoms with E-state index in [1.807, 2.05) is 4.90 Å². The van der Waals surface area contributed by atoms with E-state index in [1.54, 1.807) is 0 Å². The van der Waals surface area contributed by atoms with Gasteiger partial charge in [0.25, 0.3) is 5.91 Å². The molecule has 160 valence electrons. The van der Waals surface area contributed by atoms with Crippen LogP contribution in [0.2, 0.25) is 0 Å². The fraction of sp³-hybridized carbons (Fsp3) is 0.619. The summed E-state index contributed by atoms with van der Waals surface area (Å²) in [7, 11) is 0. The normalized spacial score (nSPS) is 23.3. The molecule has 2 amide bonds. The number of benzene rings is 1. The number of hydrogen-bond donors (Lipinski definition) is 1. The topological polar surface area (TPSA) is 72.6 Å². The van der Waals surface area contributed by atoms with Crippen molar-refractivity contribution in [2.45, 2.75) is 69.6 Å². The number of alkyl halides is 3. The van der Waals surface area contributed by atoms with Crippen molar-refractivity contribution in [1.29, 1.82) is 0 Å². The Balaban J connectivity index is 1.64. The lowest BCUT2D eigenvalue weighted by Gasteiger charge is -2.37. The van der Waals surface area contributed by atoms with Crippen LogP contribution in [-0.2, 0) is 4.74 Å². The maximum atomic E-state index is 13.1. The lowest BCUT2D eigenvalue weighted by atomic mass is 9.85. The van der Waals surface area contributed by atoms with Gasteiger partial charge < -0.3 is 15.4 Å². The first-order valence-corrected chi connectivity index (χ1v) is 10.1. The molecule has 1 aromatic carbocycles. The molecule has 2 aliphatic carbocycles. The third-order valence-corrected chi connectivity index (χ3v) is 5.99. The number of carbonyl (C=O) groups is 2. The molecule has 0 radical (unpaired) electrons. The summed E-state index contributed by atoms with van der Waals surface area (Å²) in [6.07, 6.45) is 0.163. The predicted octanol–water partition coefficient (Wildman–Crippen LogP) is 4.61. The van der Waals surface area contributed by atoms with Crippen molar-refractivity contribution in [2.75, 3.05) is 6.61 Å². The first-order valence-electron chi connectivity index (χ1n) is 10.1. The van der Waals surface area contributed by atoms with Gasteiger partial charge in [0.2, 0.25) is 0 Å². The molecule has 0 spiro atoms. The molecular formula is C21H27F3N2O3. The van der Waals surface area contributed by atoms with Gasteiger partial charge in [-0.3, -0.25) is 4.79 Å². The number of primary amides is 1. The van der Waals surface area contributed by atoms with Crippen molar-refractivity contribution in [3.63, 3.8) is 0 Å². The van der Waals surface area contributed by atoms with Gasteiger partial charge in [0.1, 0.15) is 0 Å². The lowest BCUT2D eigenvalue weighted by molar-refractivity contribution is -0.146. The van der Waals surface area contributed by atoms with E-state index >= 15 is 0 Å². The van der Waals surface area contributed by atoms with Crippen LogP contribution in [0.3, 0.4) is 0 Å². The Morgan fingerprint density at radius 2 is 1.59 bits per heavy atom. The van der Waals surface area contributed by atoms with Gasteiger partial charge >= 0.3 is 12.3 Å². The van der Waals surface area contributed by atoms with E-state index < -0.39 is 18.2 Å². The first-order chi connectivity index (χ1) is 13.7. The zero-order valence-electron chi connectivity index (χ0n) is 16.5. The average Bonchev–Trinajstić information content (AvgIpc) is 3.51. The Kier molecular flexibility index (Phi) is 6.39. The highest BCUT2D eigenvalue weighted by Gasteiger charge is 2.40. The van der Waals surface area contributed by atoms with E-state index in [9.17, 15) is 22.8 Å². The average molecular weight is 412 g/mol. The van der Waals surface area contributed by atoms with Gasteiger partial charge in [0.05, 0.1) is 12.5 Å². The Hall–Kier alpha value is -2.25. The zero-order chi connectivity index (χ0) is 21.2. The second kappa shape index (κ2) is 8.63. The van der Waals surface area contributed by atoms with Crippen LogP contribution in [0.1, 0.15) is 67.3 Å². The molecule has 1 atom stereocenters. The number of ether oxygens (including phenoxy) is 1. The van der Waals surface area contributed by atoms with Crippen molar-refractivity contribution in [2.24, 2.45) is 11.7 Å². The minimum Gasteiger partial charge on any atom is -0.449 e. The molecule has 2 N–H and O–H groups in total. The molecule has 2 fully saturated rings. The minimum absolute atomic E-state index is 0.105. The van der Waals surface area contributed by atoms with E-state index in [4.69, 9.17) is 10.5 Å². The summed E-state index contributed by atoms with van der Waals surface area (Å²) in [4.78, 5) is 25.8. The van der Waals surface area contributed by atoms with Crippen LogP contribution >= 0.6 is 0 Å². The molecule has 0 bridgehead atoms. The first kappa shape index (κ1) is 21.5. The molecule has 0 heterocycles. The molecule has 0 saturated heterocycles. The van der Waals surface area contributed by atoms with E-state index in [2.05, 4.69) is 0 Å². The number of rotatable bonds is 6. The van der Waals surface area contributed by atoms with Crippen molar-refractivity contribution in [1.82, 2.24) is 4.90 Å². The molecule has 3 rings (SSSR count). The number of amides is 2. The number of nitrogens with two attached hydrogens (primary N) is 1. The minimum atomic E-state index is -4.30. The van der Waals surface area contributed by atoms with Crippen molar-refractivity contribution < 1.29 is 27.5 Å². The summed E-state index contributed by atoms with van der Waals surface area (Å²) in [5.41, 5.74) is 5.59. The molecule has 1 unspecified atom stereocenters. The second-order valence-corrected chi connectivity index (χ2v) is 8.13. The summed E-state index contributed by atoms with van der Waals surface area (Å²) < 4.78 is 43.6. The van der Waals surface area contributed by atoms with Crippen LogP contribution in [0.15, 0.2) is 24.3 Å². The number of halogens is 3. The molecule has 29 heavy (non-hydrogen) atoms. The van der Waals surface area contributed by atoms with Crippen molar-refractivity contribution in [3.05, 3.63) is 35.4 Å². The third-order valence-electron chi connectivity index (χ3n) is 5.99. The molecule has 0 aliphatic heterocycles. The quantitative estimate of drug-likeness (QED) is 0.742. The zero-order valence-corrected chi connectivity index (χ0v) is 16.5. The summed E-state index contributed by atoms with van der Waals surface area (Å²) >= 11 is 0. The Labute approximate surface area is 168 Å². The van der Waals surface area contributed by atoms with Gasteiger partial charge in [0, 0.05) is 17.6 Å². The van der Waals surface area contributed by atoms with Crippen LogP contribution in [0, 0.1) is 5.92 Å². The van der Waals surface area contributed by atoms with E-state index in [0.717, 1.165) is 45.4 Å². The molecule has 8 heteroatoms. The van der Waals surface area contributed by atoms with Crippen LogP contribution in [0.5, 0.6) is 0 Å².